The van der Waals surface area contributed by atoms with E-state index in [9.17, 15) is 4.79 Å². The van der Waals surface area contributed by atoms with Gasteiger partial charge in [-0.1, -0.05) is 17.7 Å². The van der Waals surface area contributed by atoms with E-state index in [0.29, 0.717) is 22.8 Å². The number of rotatable bonds is 3. The molecule has 0 bridgehead atoms. The maximum atomic E-state index is 11.9. The summed E-state index contributed by atoms with van der Waals surface area (Å²) in [5.74, 6) is -0.210. The Morgan fingerprint density at radius 3 is 3.12 bits per heavy atom. The molecule has 0 aromatic heterocycles. The first-order valence-corrected chi connectivity index (χ1v) is 6.00. The van der Waals surface area contributed by atoms with Gasteiger partial charge in [0.15, 0.2) is 0 Å². The Balaban J connectivity index is 1.97. The van der Waals surface area contributed by atoms with Gasteiger partial charge in [0.05, 0.1) is 22.4 Å². The lowest BCUT2D eigenvalue weighted by molar-refractivity contribution is 0.0858. The zero-order chi connectivity index (χ0) is 12.3. The van der Waals surface area contributed by atoms with E-state index in [2.05, 4.69) is 5.32 Å². The topological polar surface area (TPSA) is 64.4 Å². The molecule has 1 aliphatic rings. The van der Waals surface area contributed by atoms with Crippen LogP contribution in [0.3, 0.4) is 0 Å². The highest BCUT2D eigenvalue weighted by atomic mass is 35.5. The third-order valence-electron chi connectivity index (χ3n) is 2.79. The third kappa shape index (κ3) is 2.90. The van der Waals surface area contributed by atoms with E-state index in [1.54, 1.807) is 18.2 Å². The summed E-state index contributed by atoms with van der Waals surface area (Å²) in [6.45, 7) is 1.30. The highest BCUT2D eigenvalue weighted by Gasteiger charge is 2.18. The van der Waals surface area contributed by atoms with Gasteiger partial charge in [0.2, 0.25) is 0 Å². The SMILES string of the molecule is Nc1cccc(C(=O)NCC2CCCO2)c1Cl. The average Bonchev–Trinajstić information content (AvgIpc) is 2.82. The molecule has 0 saturated carbocycles. The molecule has 3 N–H and O–H groups in total. The van der Waals surface area contributed by atoms with Gasteiger partial charge in [-0.3, -0.25) is 4.79 Å². The lowest BCUT2D eigenvalue weighted by Gasteiger charge is -2.11. The molecule has 0 aliphatic carbocycles. The number of ether oxygens (including phenoxy) is 1. The minimum atomic E-state index is -0.210. The molecule has 2 rings (SSSR count). The van der Waals surface area contributed by atoms with Crippen molar-refractivity contribution in [1.29, 1.82) is 0 Å². The summed E-state index contributed by atoms with van der Waals surface area (Å²) in [7, 11) is 0. The smallest absolute Gasteiger partial charge is 0.252 e. The molecule has 4 nitrogen and oxygen atoms in total. The van der Waals surface area contributed by atoms with Gasteiger partial charge in [0.25, 0.3) is 5.91 Å². The predicted octanol–water partition coefficient (Wildman–Crippen LogP) is 1.83. The second-order valence-electron chi connectivity index (χ2n) is 4.05. The number of hydrogen-bond donors (Lipinski definition) is 2. The second kappa shape index (κ2) is 5.38. The highest BCUT2D eigenvalue weighted by molar-refractivity contribution is 6.36. The van der Waals surface area contributed by atoms with Gasteiger partial charge in [0.1, 0.15) is 0 Å². The largest absolute Gasteiger partial charge is 0.398 e. The van der Waals surface area contributed by atoms with Crippen molar-refractivity contribution in [3.05, 3.63) is 28.8 Å². The number of anilines is 1. The second-order valence-corrected chi connectivity index (χ2v) is 4.43. The van der Waals surface area contributed by atoms with Gasteiger partial charge in [0, 0.05) is 13.2 Å². The van der Waals surface area contributed by atoms with E-state index in [-0.39, 0.29) is 12.0 Å². The predicted molar refractivity (Wildman–Crippen MR) is 67.2 cm³/mol. The molecule has 1 aromatic carbocycles. The minimum Gasteiger partial charge on any atom is -0.398 e. The van der Waals surface area contributed by atoms with Gasteiger partial charge in [-0.25, -0.2) is 0 Å². The Bertz CT molecular complexity index is 417. The monoisotopic (exact) mass is 254 g/mol. The van der Waals surface area contributed by atoms with E-state index >= 15 is 0 Å². The van der Waals surface area contributed by atoms with Crippen molar-refractivity contribution in [2.45, 2.75) is 18.9 Å². The first-order valence-electron chi connectivity index (χ1n) is 5.62. The van der Waals surface area contributed by atoms with Crippen LogP contribution in [0.25, 0.3) is 0 Å². The summed E-state index contributed by atoms with van der Waals surface area (Å²) in [6, 6.07) is 5.03. The minimum absolute atomic E-state index is 0.124. The molecule has 0 radical (unpaired) electrons. The fourth-order valence-electron chi connectivity index (χ4n) is 1.83. The standard InChI is InChI=1S/C12H15ClN2O2/c13-11-9(4-1-5-10(11)14)12(16)15-7-8-3-2-6-17-8/h1,4-5,8H,2-3,6-7,14H2,(H,15,16). The number of benzene rings is 1. The number of nitrogen functional groups attached to an aromatic ring is 1. The van der Waals surface area contributed by atoms with Gasteiger partial charge in [-0.2, -0.15) is 0 Å². The summed E-state index contributed by atoms with van der Waals surface area (Å²) in [5, 5.41) is 3.11. The molecule has 0 spiro atoms. The van der Waals surface area contributed by atoms with E-state index < -0.39 is 0 Å². The molecule has 1 amide bonds. The number of carbonyl (C=O) groups is 1. The fourth-order valence-corrected chi connectivity index (χ4v) is 2.04. The van der Waals surface area contributed by atoms with Gasteiger partial charge < -0.3 is 15.8 Å². The first-order chi connectivity index (χ1) is 8.18. The molecule has 17 heavy (non-hydrogen) atoms. The normalized spacial score (nSPS) is 19.2. The van der Waals surface area contributed by atoms with Gasteiger partial charge in [-0.05, 0) is 25.0 Å². The molecule has 1 fully saturated rings. The van der Waals surface area contributed by atoms with Crippen molar-refractivity contribution in [3.63, 3.8) is 0 Å². The maximum absolute atomic E-state index is 11.9. The summed E-state index contributed by atoms with van der Waals surface area (Å²) in [4.78, 5) is 11.9. The van der Waals surface area contributed by atoms with Crippen LogP contribution < -0.4 is 11.1 Å². The Labute approximate surface area is 105 Å². The Kier molecular flexibility index (Phi) is 3.86. The van der Waals surface area contributed by atoms with Crippen LogP contribution in [0.4, 0.5) is 5.69 Å². The van der Waals surface area contributed by atoms with Crippen LogP contribution in [0.15, 0.2) is 18.2 Å². The summed E-state index contributed by atoms with van der Waals surface area (Å²) < 4.78 is 5.42. The Morgan fingerprint density at radius 2 is 2.41 bits per heavy atom. The maximum Gasteiger partial charge on any atom is 0.252 e. The van der Waals surface area contributed by atoms with Crippen molar-refractivity contribution in [2.75, 3.05) is 18.9 Å². The molecule has 1 aromatic rings. The first kappa shape index (κ1) is 12.2. The van der Waals surface area contributed by atoms with E-state index in [1.807, 2.05) is 0 Å². The fraction of sp³-hybridized carbons (Fsp3) is 0.417. The zero-order valence-electron chi connectivity index (χ0n) is 9.41. The molecule has 1 saturated heterocycles. The lowest BCUT2D eigenvalue weighted by Crippen LogP contribution is -2.31. The molecule has 1 aliphatic heterocycles. The van der Waals surface area contributed by atoms with Crippen molar-refractivity contribution in [2.24, 2.45) is 0 Å². The van der Waals surface area contributed by atoms with E-state index in [4.69, 9.17) is 22.1 Å². The van der Waals surface area contributed by atoms with Gasteiger partial charge >= 0.3 is 0 Å². The lowest BCUT2D eigenvalue weighted by atomic mass is 10.2. The van der Waals surface area contributed by atoms with Crippen molar-refractivity contribution >= 4 is 23.2 Å². The van der Waals surface area contributed by atoms with Crippen molar-refractivity contribution < 1.29 is 9.53 Å². The summed E-state index contributed by atoms with van der Waals surface area (Å²) in [5.41, 5.74) is 6.46. The van der Waals surface area contributed by atoms with Crippen LogP contribution in [0.5, 0.6) is 0 Å². The van der Waals surface area contributed by atoms with Crippen molar-refractivity contribution in [3.8, 4) is 0 Å². The van der Waals surface area contributed by atoms with Crippen LogP contribution in [0.1, 0.15) is 23.2 Å². The number of hydrogen-bond acceptors (Lipinski definition) is 3. The Morgan fingerprint density at radius 1 is 1.59 bits per heavy atom. The molecule has 1 heterocycles. The number of amides is 1. The molecular weight excluding hydrogens is 240 g/mol. The number of halogens is 1. The molecule has 1 unspecified atom stereocenters. The Hall–Kier alpha value is -1.26. The zero-order valence-corrected chi connectivity index (χ0v) is 10.2. The van der Waals surface area contributed by atoms with Gasteiger partial charge in [-0.15, -0.1) is 0 Å². The quantitative estimate of drug-likeness (QED) is 0.809. The number of nitrogens with one attached hydrogen (secondary N) is 1. The molecule has 1 atom stereocenters. The van der Waals surface area contributed by atoms with Crippen molar-refractivity contribution in [1.82, 2.24) is 5.32 Å². The number of nitrogens with two attached hydrogens (primary N) is 1. The van der Waals surface area contributed by atoms with Crippen LogP contribution >= 0.6 is 11.6 Å². The van der Waals surface area contributed by atoms with Crippen LogP contribution in [-0.2, 0) is 4.74 Å². The summed E-state index contributed by atoms with van der Waals surface area (Å²) in [6.07, 6.45) is 2.17. The van der Waals surface area contributed by atoms with E-state index in [1.165, 1.54) is 0 Å². The third-order valence-corrected chi connectivity index (χ3v) is 3.21. The number of carbonyl (C=O) groups excluding carboxylic acids is 1. The average molecular weight is 255 g/mol. The molecular formula is C12H15ClN2O2. The molecule has 5 heteroatoms. The van der Waals surface area contributed by atoms with Crippen LogP contribution in [0, 0.1) is 0 Å². The highest BCUT2D eigenvalue weighted by Crippen LogP contribution is 2.22. The molecule has 92 valence electrons. The summed E-state index contributed by atoms with van der Waals surface area (Å²) >= 11 is 5.97. The van der Waals surface area contributed by atoms with E-state index in [0.717, 1.165) is 19.4 Å². The van der Waals surface area contributed by atoms with Crippen LogP contribution in [-0.4, -0.2) is 25.2 Å². The van der Waals surface area contributed by atoms with Crippen LogP contribution in [0.2, 0.25) is 5.02 Å².